The number of hydrogen-bond donors (Lipinski definition) is 1. The molecule has 0 aromatic heterocycles. The van der Waals surface area contributed by atoms with Gasteiger partial charge in [0, 0.05) is 13.0 Å². The zero-order valence-electron chi connectivity index (χ0n) is 12.7. The highest BCUT2D eigenvalue weighted by Crippen LogP contribution is 2.00. The standard InChI is InChI=1S/C16H21NO5/c1-2-21-15(19)9-6-10-17-14(18)12-22-16(20)11-13-7-4-3-5-8-13/h3-5,7-8H,2,6,9-12H2,1H3,(H,17,18). The van der Waals surface area contributed by atoms with Crippen LogP contribution in [0.2, 0.25) is 0 Å². The Morgan fingerprint density at radius 3 is 2.45 bits per heavy atom. The topological polar surface area (TPSA) is 81.7 Å². The average Bonchev–Trinajstić information content (AvgIpc) is 2.51. The van der Waals surface area contributed by atoms with E-state index in [0.717, 1.165) is 5.56 Å². The molecule has 0 radical (unpaired) electrons. The van der Waals surface area contributed by atoms with Crippen LogP contribution < -0.4 is 5.32 Å². The van der Waals surface area contributed by atoms with Crippen LogP contribution in [-0.2, 0) is 30.3 Å². The summed E-state index contributed by atoms with van der Waals surface area (Å²) in [4.78, 5) is 34.1. The van der Waals surface area contributed by atoms with Crippen LogP contribution in [-0.4, -0.2) is 37.6 Å². The first-order valence-electron chi connectivity index (χ1n) is 7.23. The van der Waals surface area contributed by atoms with Crippen molar-refractivity contribution in [3.05, 3.63) is 35.9 Å². The molecule has 1 aromatic rings. The van der Waals surface area contributed by atoms with Gasteiger partial charge in [-0.3, -0.25) is 14.4 Å². The number of nitrogens with one attached hydrogen (secondary N) is 1. The third-order valence-electron chi connectivity index (χ3n) is 2.74. The van der Waals surface area contributed by atoms with Gasteiger partial charge in [-0.1, -0.05) is 30.3 Å². The van der Waals surface area contributed by atoms with Gasteiger partial charge in [-0.2, -0.15) is 0 Å². The van der Waals surface area contributed by atoms with Gasteiger partial charge < -0.3 is 14.8 Å². The van der Waals surface area contributed by atoms with E-state index in [1.807, 2.05) is 30.3 Å². The Morgan fingerprint density at radius 1 is 1.05 bits per heavy atom. The highest BCUT2D eigenvalue weighted by Gasteiger charge is 2.08. The number of amides is 1. The van der Waals surface area contributed by atoms with Gasteiger partial charge in [0.1, 0.15) is 0 Å². The van der Waals surface area contributed by atoms with Gasteiger partial charge in [0.15, 0.2) is 6.61 Å². The minimum Gasteiger partial charge on any atom is -0.466 e. The molecule has 0 fully saturated rings. The zero-order chi connectivity index (χ0) is 16.2. The molecule has 0 aliphatic rings. The molecule has 0 spiro atoms. The van der Waals surface area contributed by atoms with Gasteiger partial charge in [0.25, 0.3) is 5.91 Å². The lowest BCUT2D eigenvalue weighted by Crippen LogP contribution is -2.30. The SMILES string of the molecule is CCOC(=O)CCCNC(=O)COC(=O)Cc1ccccc1. The lowest BCUT2D eigenvalue weighted by Gasteiger charge is -2.06. The Labute approximate surface area is 129 Å². The number of ether oxygens (including phenoxy) is 2. The molecule has 0 saturated carbocycles. The molecule has 1 N–H and O–H groups in total. The molecule has 1 aromatic carbocycles. The second-order valence-electron chi connectivity index (χ2n) is 4.58. The summed E-state index contributed by atoms with van der Waals surface area (Å²) in [5.41, 5.74) is 0.836. The minimum atomic E-state index is -0.451. The second-order valence-corrected chi connectivity index (χ2v) is 4.58. The molecule has 0 aliphatic carbocycles. The van der Waals surface area contributed by atoms with Crippen molar-refractivity contribution in [3.63, 3.8) is 0 Å². The summed E-state index contributed by atoms with van der Waals surface area (Å²) in [6.45, 7) is 2.12. The van der Waals surface area contributed by atoms with E-state index in [-0.39, 0.29) is 31.3 Å². The molecular weight excluding hydrogens is 286 g/mol. The van der Waals surface area contributed by atoms with Crippen molar-refractivity contribution >= 4 is 17.8 Å². The van der Waals surface area contributed by atoms with Gasteiger partial charge in [0.2, 0.25) is 0 Å². The Bertz CT molecular complexity index is 487. The monoisotopic (exact) mass is 307 g/mol. The summed E-state index contributed by atoms with van der Waals surface area (Å²) in [6.07, 6.45) is 0.876. The molecule has 1 amide bonds. The molecule has 0 saturated heterocycles. The van der Waals surface area contributed by atoms with Gasteiger partial charge in [0.05, 0.1) is 13.0 Å². The summed E-state index contributed by atoms with van der Waals surface area (Å²) >= 11 is 0. The Hall–Kier alpha value is -2.37. The van der Waals surface area contributed by atoms with Crippen molar-refractivity contribution in [1.29, 1.82) is 0 Å². The number of esters is 2. The van der Waals surface area contributed by atoms with Crippen LogP contribution in [0.3, 0.4) is 0 Å². The maximum atomic E-state index is 11.5. The van der Waals surface area contributed by atoms with Gasteiger partial charge >= 0.3 is 11.9 Å². The van der Waals surface area contributed by atoms with E-state index in [4.69, 9.17) is 9.47 Å². The van der Waals surface area contributed by atoms with E-state index in [1.165, 1.54) is 0 Å². The van der Waals surface area contributed by atoms with E-state index in [2.05, 4.69) is 5.32 Å². The molecule has 0 aliphatic heterocycles. The van der Waals surface area contributed by atoms with Crippen LogP contribution in [0.4, 0.5) is 0 Å². The predicted molar refractivity (Wildman–Crippen MR) is 80.0 cm³/mol. The van der Waals surface area contributed by atoms with E-state index < -0.39 is 5.97 Å². The molecule has 120 valence electrons. The first-order valence-corrected chi connectivity index (χ1v) is 7.23. The molecule has 22 heavy (non-hydrogen) atoms. The first kappa shape index (κ1) is 17.7. The third kappa shape index (κ3) is 8.04. The van der Waals surface area contributed by atoms with Crippen LogP contribution >= 0.6 is 0 Å². The molecule has 0 heterocycles. The van der Waals surface area contributed by atoms with E-state index in [1.54, 1.807) is 6.92 Å². The molecule has 6 heteroatoms. The number of rotatable bonds is 9. The van der Waals surface area contributed by atoms with Gasteiger partial charge in [-0.15, -0.1) is 0 Å². The van der Waals surface area contributed by atoms with E-state index in [0.29, 0.717) is 19.6 Å². The minimum absolute atomic E-state index is 0.136. The van der Waals surface area contributed by atoms with Crippen LogP contribution in [0.15, 0.2) is 30.3 Å². The van der Waals surface area contributed by atoms with Crippen LogP contribution in [0.25, 0.3) is 0 Å². The van der Waals surface area contributed by atoms with Crippen molar-refractivity contribution in [2.75, 3.05) is 19.8 Å². The van der Waals surface area contributed by atoms with Crippen molar-refractivity contribution in [3.8, 4) is 0 Å². The van der Waals surface area contributed by atoms with Gasteiger partial charge in [-0.05, 0) is 18.9 Å². The van der Waals surface area contributed by atoms with Crippen molar-refractivity contribution in [2.45, 2.75) is 26.2 Å². The Kier molecular flexibility index (Phi) is 8.33. The summed E-state index contributed by atoms with van der Waals surface area (Å²) in [5.74, 6) is -1.12. The number of hydrogen-bond acceptors (Lipinski definition) is 5. The fourth-order valence-electron chi connectivity index (χ4n) is 1.70. The lowest BCUT2D eigenvalue weighted by atomic mass is 10.2. The lowest BCUT2D eigenvalue weighted by molar-refractivity contribution is -0.147. The van der Waals surface area contributed by atoms with Gasteiger partial charge in [-0.25, -0.2) is 0 Å². The molecule has 0 atom stereocenters. The molecular formula is C16H21NO5. The molecule has 0 unspecified atom stereocenters. The van der Waals surface area contributed by atoms with Crippen molar-refractivity contribution in [1.82, 2.24) is 5.32 Å². The van der Waals surface area contributed by atoms with Crippen LogP contribution in [0, 0.1) is 0 Å². The highest BCUT2D eigenvalue weighted by molar-refractivity contribution is 5.81. The van der Waals surface area contributed by atoms with Crippen LogP contribution in [0.5, 0.6) is 0 Å². The number of benzene rings is 1. The Morgan fingerprint density at radius 2 is 1.77 bits per heavy atom. The van der Waals surface area contributed by atoms with Crippen molar-refractivity contribution < 1.29 is 23.9 Å². The highest BCUT2D eigenvalue weighted by atomic mass is 16.5. The number of carbonyl (C=O) groups is 3. The predicted octanol–water partition coefficient (Wildman–Crippen LogP) is 1.23. The smallest absolute Gasteiger partial charge is 0.310 e. The fraction of sp³-hybridized carbons (Fsp3) is 0.438. The summed E-state index contributed by atoms with van der Waals surface area (Å²) in [5, 5.41) is 2.58. The maximum Gasteiger partial charge on any atom is 0.310 e. The number of carbonyl (C=O) groups excluding carboxylic acids is 3. The normalized spacial score (nSPS) is 9.86. The summed E-state index contributed by atoms with van der Waals surface area (Å²) in [6, 6.07) is 9.16. The third-order valence-corrected chi connectivity index (χ3v) is 2.74. The summed E-state index contributed by atoms with van der Waals surface area (Å²) < 4.78 is 9.65. The molecule has 0 bridgehead atoms. The maximum absolute atomic E-state index is 11.5. The first-order chi connectivity index (χ1) is 10.6. The Balaban J connectivity index is 2.10. The molecule has 6 nitrogen and oxygen atoms in total. The van der Waals surface area contributed by atoms with E-state index in [9.17, 15) is 14.4 Å². The summed E-state index contributed by atoms with van der Waals surface area (Å²) in [7, 11) is 0. The fourth-order valence-corrected chi connectivity index (χ4v) is 1.70. The average molecular weight is 307 g/mol. The van der Waals surface area contributed by atoms with Crippen molar-refractivity contribution in [2.24, 2.45) is 0 Å². The largest absolute Gasteiger partial charge is 0.466 e. The second kappa shape index (κ2) is 10.4. The zero-order valence-corrected chi connectivity index (χ0v) is 12.7. The van der Waals surface area contributed by atoms with E-state index >= 15 is 0 Å². The quantitative estimate of drug-likeness (QED) is 0.548. The van der Waals surface area contributed by atoms with Crippen LogP contribution in [0.1, 0.15) is 25.3 Å². The molecule has 1 rings (SSSR count).